The maximum Gasteiger partial charge on any atom is 0.00678 e. The molecule has 2 aliphatic carbocycles. The van der Waals surface area contributed by atoms with Crippen LogP contribution in [0.3, 0.4) is 0 Å². The highest BCUT2D eigenvalue weighted by atomic mass is 14.7. The molecule has 2 aliphatic rings. The molecule has 2 rings (SSSR count). The topological polar surface area (TPSA) is 52.0 Å². The fraction of sp³-hybridized carbons (Fsp3) is 1.00. The molecule has 0 amide bonds. The zero-order chi connectivity index (χ0) is 8.55. The Bertz CT molecular complexity index is 142. The van der Waals surface area contributed by atoms with Gasteiger partial charge in [-0.2, -0.15) is 0 Å². The lowest BCUT2D eigenvalue weighted by Gasteiger charge is -2.30. The number of hydrogen-bond acceptors (Lipinski definition) is 2. The molecule has 12 heavy (non-hydrogen) atoms. The van der Waals surface area contributed by atoms with E-state index in [2.05, 4.69) is 0 Å². The normalized spacial score (nSPS) is 48.5. The fourth-order valence-corrected chi connectivity index (χ4v) is 2.90. The quantitative estimate of drug-likeness (QED) is 0.572. The molecule has 0 aromatic heterocycles. The number of nitrogens with two attached hydrogens (primary N) is 2. The Labute approximate surface area is 74.7 Å². The molecule has 0 aromatic carbocycles. The lowest BCUT2D eigenvalue weighted by Crippen LogP contribution is -2.33. The van der Waals surface area contributed by atoms with Gasteiger partial charge in [0.05, 0.1) is 0 Å². The second kappa shape index (κ2) is 3.35. The van der Waals surface area contributed by atoms with E-state index >= 15 is 0 Å². The van der Waals surface area contributed by atoms with E-state index in [-0.39, 0.29) is 0 Å². The van der Waals surface area contributed by atoms with Crippen molar-refractivity contribution >= 4 is 0 Å². The minimum Gasteiger partial charge on any atom is -0.327 e. The molecule has 0 heterocycles. The van der Waals surface area contributed by atoms with Crippen LogP contribution in [-0.2, 0) is 0 Å². The summed E-state index contributed by atoms with van der Waals surface area (Å²) in [5, 5.41) is 0. The van der Waals surface area contributed by atoms with Gasteiger partial charge in [0.25, 0.3) is 0 Å². The number of fused-ring (bicyclic) bond motifs is 2. The molecule has 2 heteroatoms. The smallest absolute Gasteiger partial charge is 0.00678 e. The Morgan fingerprint density at radius 3 is 1.75 bits per heavy atom. The number of hydrogen-bond donors (Lipinski definition) is 2. The molecular weight excluding hydrogens is 148 g/mol. The molecule has 2 saturated carbocycles. The predicted molar refractivity (Wildman–Crippen MR) is 50.6 cm³/mol. The Hall–Kier alpha value is -0.0800. The highest BCUT2D eigenvalue weighted by Crippen LogP contribution is 2.37. The molecule has 4 N–H and O–H groups in total. The van der Waals surface area contributed by atoms with Crippen LogP contribution >= 0.6 is 0 Å². The first-order chi connectivity index (χ1) is 5.77. The van der Waals surface area contributed by atoms with Crippen molar-refractivity contribution in [2.45, 2.75) is 50.6 Å². The third-order valence-corrected chi connectivity index (χ3v) is 3.80. The van der Waals surface area contributed by atoms with Crippen molar-refractivity contribution in [3.63, 3.8) is 0 Å². The van der Waals surface area contributed by atoms with E-state index in [1.54, 1.807) is 0 Å². The summed E-state index contributed by atoms with van der Waals surface area (Å²) in [7, 11) is 0. The van der Waals surface area contributed by atoms with Crippen LogP contribution in [0.25, 0.3) is 0 Å². The first kappa shape index (κ1) is 8.52. The first-order valence-electron chi connectivity index (χ1n) is 5.28. The van der Waals surface area contributed by atoms with E-state index in [0.717, 1.165) is 24.7 Å². The summed E-state index contributed by atoms with van der Waals surface area (Å²) >= 11 is 0. The van der Waals surface area contributed by atoms with Crippen molar-refractivity contribution in [3.8, 4) is 0 Å². The summed E-state index contributed by atoms with van der Waals surface area (Å²) < 4.78 is 0. The van der Waals surface area contributed by atoms with Crippen LogP contribution in [0.5, 0.6) is 0 Å². The molecule has 0 radical (unpaired) electrons. The molecule has 0 spiro atoms. The Kier molecular flexibility index (Phi) is 2.37. The Morgan fingerprint density at radius 2 is 1.25 bits per heavy atom. The van der Waals surface area contributed by atoms with Crippen LogP contribution in [0, 0.1) is 11.8 Å². The summed E-state index contributed by atoms with van der Waals surface area (Å²) in [4.78, 5) is 0. The lowest BCUT2D eigenvalue weighted by molar-refractivity contribution is 0.238. The maximum absolute atomic E-state index is 6.09. The monoisotopic (exact) mass is 168 g/mol. The van der Waals surface area contributed by atoms with Crippen molar-refractivity contribution in [1.82, 2.24) is 0 Å². The summed E-state index contributed by atoms with van der Waals surface area (Å²) in [6.07, 6.45) is 7.68. The van der Waals surface area contributed by atoms with Gasteiger partial charge < -0.3 is 11.5 Å². The molecule has 2 fully saturated rings. The molecule has 4 unspecified atom stereocenters. The Balaban J connectivity index is 2.07. The summed E-state index contributed by atoms with van der Waals surface area (Å²) in [5.41, 5.74) is 12.2. The lowest BCUT2D eigenvalue weighted by atomic mass is 9.78. The van der Waals surface area contributed by atoms with E-state index in [4.69, 9.17) is 11.5 Å². The predicted octanol–water partition coefficient (Wildman–Crippen LogP) is 1.24. The van der Waals surface area contributed by atoms with E-state index < -0.39 is 0 Å². The van der Waals surface area contributed by atoms with E-state index in [0.29, 0.717) is 12.1 Å². The molecule has 2 nitrogen and oxygen atoms in total. The van der Waals surface area contributed by atoms with Crippen LogP contribution < -0.4 is 11.5 Å². The average molecular weight is 168 g/mol. The van der Waals surface area contributed by atoms with Crippen molar-refractivity contribution < 1.29 is 0 Å². The molecule has 70 valence electrons. The molecule has 2 bridgehead atoms. The van der Waals surface area contributed by atoms with Gasteiger partial charge >= 0.3 is 0 Å². The van der Waals surface area contributed by atoms with Crippen LogP contribution in [0.15, 0.2) is 0 Å². The highest BCUT2D eigenvalue weighted by molar-refractivity contribution is 4.89. The van der Waals surface area contributed by atoms with E-state index in [9.17, 15) is 0 Å². The van der Waals surface area contributed by atoms with Gasteiger partial charge in [0.2, 0.25) is 0 Å². The second-order valence-corrected chi connectivity index (χ2v) is 4.59. The van der Waals surface area contributed by atoms with Gasteiger partial charge in [-0.3, -0.25) is 0 Å². The maximum atomic E-state index is 6.09. The van der Waals surface area contributed by atoms with Crippen LogP contribution in [0.4, 0.5) is 0 Å². The summed E-state index contributed by atoms with van der Waals surface area (Å²) in [6.45, 7) is 0. The second-order valence-electron chi connectivity index (χ2n) is 4.59. The summed E-state index contributed by atoms with van der Waals surface area (Å²) in [5.74, 6) is 1.58. The Morgan fingerprint density at radius 1 is 0.750 bits per heavy atom. The van der Waals surface area contributed by atoms with Crippen LogP contribution in [0.2, 0.25) is 0 Å². The zero-order valence-corrected chi connectivity index (χ0v) is 7.71. The van der Waals surface area contributed by atoms with Gasteiger partial charge in [-0.05, 0) is 43.9 Å². The molecule has 0 saturated heterocycles. The molecule has 0 aromatic rings. The minimum absolute atomic E-state index is 0.446. The first-order valence-corrected chi connectivity index (χ1v) is 5.28. The van der Waals surface area contributed by atoms with Crippen LogP contribution in [-0.4, -0.2) is 12.1 Å². The van der Waals surface area contributed by atoms with E-state index in [1.807, 2.05) is 0 Å². The largest absolute Gasteiger partial charge is 0.327 e. The molecular formula is C10H20N2. The summed E-state index contributed by atoms with van der Waals surface area (Å²) in [6, 6.07) is 0.891. The average Bonchev–Trinajstić information content (AvgIpc) is 2.20. The van der Waals surface area contributed by atoms with Gasteiger partial charge in [-0.1, -0.05) is 6.42 Å². The van der Waals surface area contributed by atoms with Gasteiger partial charge in [-0.25, -0.2) is 0 Å². The minimum atomic E-state index is 0.446. The van der Waals surface area contributed by atoms with Gasteiger partial charge in [0.15, 0.2) is 0 Å². The van der Waals surface area contributed by atoms with Gasteiger partial charge in [0.1, 0.15) is 0 Å². The van der Waals surface area contributed by atoms with Crippen molar-refractivity contribution in [3.05, 3.63) is 0 Å². The van der Waals surface area contributed by atoms with Gasteiger partial charge in [0, 0.05) is 12.1 Å². The van der Waals surface area contributed by atoms with Gasteiger partial charge in [-0.15, -0.1) is 0 Å². The van der Waals surface area contributed by atoms with E-state index in [1.165, 1.54) is 25.7 Å². The van der Waals surface area contributed by atoms with Crippen molar-refractivity contribution in [2.75, 3.05) is 0 Å². The highest BCUT2D eigenvalue weighted by Gasteiger charge is 2.32. The SMILES string of the molecule is NC1CCC(N)C2CCCC1C2. The molecule has 0 aliphatic heterocycles. The third-order valence-electron chi connectivity index (χ3n) is 3.80. The number of rotatable bonds is 0. The van der Waals surface area contributed by atoms with Crippen LogP contribution in [0.1, 0.15) is 38.5 Å². The van der Waals surface area contributed by atoms with Crippen molar-refractivity contribution in [2.24, 2.45) is 23.3 Å². The standard InChI is InChI=1S/C10H20N2/c11-9-4-5-10(12)8-3-1-2-7(9)6-8/h7-10H,1-6,11-12H2. The zero-order valence-electron chi connectivity index (χ0n) is 7.71. The molecule has 4 atom stereocenters. The van der Waals surface area contributed by atoms with Crippen molar-refractivity contribution in [1.29, 1.82) is 0 Å². The third kappa shape index (κ3) is 1.50. The fourth-order valence-electron chi connectivity index (χ4n) is 2.90.